The highest BCUT2D eigenvalue weighted by molar-refractivity contribution is 5.77. The van der Waals surface area contributed by atoms with E-state index in [0.29, 0.717) is 12.4 Å². The molecule has 0 amide bonds. The average molecular weight is 213 g/mol. The van der Waals surface area contributed by atoms with Crippen molar-refractivity contribution in [2.75, 3.05) is 6.61 Å². The molecule has 0 aliphatic rings. The lowest BCUT2D eigenvalue weighted by molar-refractivity contribution is -0.146. The molecule has 0 saturated heterocycles. The summed E-state index contributed by atoms with van der Waals surface area (Å²) in [6.45, 7) is 5.79. The Morgan fingerprint density at radius 3 is 2.60 bits per heavy atom. The maximum Gasteiger partial charge on any atom is 0.340 e. The Labute approximate surface area is 87.0 Å². The fourth-order valence-electron chi connectivity index (χ4n) is 1.36. The number of ether oxygens (including phenoxy) is 1. The highest BCUT2D eigenvalue weighted by atomic mass is 16.5. The quantitative estimate of drug-likeness (QED) is 0.708. The van der Waals surface area contributed by atoms with Gasteiger partial charge in [0.25, 0.3) is 0 Å². The highest BCUT2D eigenvalue weighted by Crippen LogP contribution is 2.21. The van der Waals surface area contributed by atoms with Crippen molar-refractivity contribution in [3.63, 3.8) is 0 Å². The first-order chi connectivity index (χ1) is 7.06. The zero-order valence-electron chi connectivity index (χ0n) is 9.03. The minimum absolute atomic E-state index is 0.0167. The largest absolute Gasteiger partial charge is 0.465 e. The Morgan fingerprint density at radius 1 is 1.53 bits per heavy atom. The molecule has 1 aromatic rings. The van der Waals surface area contributed by atoms with E-state index in [0.717, 1.165) is 0 Å². The van der Waals surface area contributed by atoms with Crippen molar-refractivity contribution in [2.24, 2.45) is 5.92 Å². The fourth-order valence-corrected chi connectivity index (χ4v) is 1.36. The molecular weight excluding hydrogens is 198 g/mol. The van der Waals surface area contributed by atoms with Crippen molar-refractivity contribution in [3.8, 4) is 0 Å². The molecule has 2 N–H and O–H groups in total. The van der Waals surface area contributed by atoms with Gasteiger partial charge in [0.2, 0.25) is 0 Å². The highest BCUT2D eigenvalue weighted by Gasteiger charge is 2.28. The van der Waals surface area contributed by atoms with Crippen molar-refractivity contribution in [1.29, 1.82) is 0 Å². The first-order valence-electron chi connectivity index (χ1n) is 4.87. The number of carbonyl (C=O) groups excluding carboxylic acids is 1. The number of carbonyl (C=O) groups is 1. The number of nitrogens with one attached hydrogen (secondary N) is 2. The molecule has 1 aromatic heterocycles. The number of hydrogen-bond acceptors (Lipinski definition) is 4. The fraction of sp³-hybridized carbons (Fsp3) is 0.667. The number of H-pyrrole nitrogens is 2. The van der Waals surface area contributed by atoms with Crippen LogP contribution in [0.1, 0.15) is 32.5 Å². The summed E-state index contributed by atoms with van der Waals surface area (Å²) in [5, 5.41) is 5.98. The molecule has 0 fully saturated rings. The minimum atomic E-state index is -0.524. The van der Waals surface area contributed by atoms with Gasteiger partial charge in [0.15, 0.2) is 0 Å². The second-order valence-electron chi connectivity index (χ2n) is 3.54. The van der Waals surface area contributed by atoms with E-state index >= 15 is 0 Å². The summed E-state index contributed by atoms with van der Waals surface area (Å²) < 4.78 is 4.91. The van der Waals surface area contributed by atoms with Crippen LogP contribution in [-0.2, 0) is 9.53 Å². The van der Waals surface area contributed by atoms with E-state index in [4.69, 9.17) is 4.74 Å². The van der Waals surface area contributed by atoms with E-state index in [1.165, 1.54) is 0 Å². The summed E-state index contributed by atoms with van der Waals surface area (Å²) in [5.74, 6) is -0.546. The van der Waals surface area contributed by atoms with E-state index in [1.54, 1.807) is 6.92 Å². The molecule has 0 aromatic carbocycles. The topological polar surface area (TPSA) is 87.8 Å². The minimum Gasteiger partial charge on any atom is -0.465 e. The van der Waals surface area contributed by atoms with Gasteiger partial charge < -0.3 is 4.74 Å². The maximum absolute atomic E-state index is 11.6. The van der Waals surface area contributed by atoms with Gasteiger partial charge in [-0.2, -0.15) is 5.10 Å². The van der Waals surface area contributed by atoms with Crippen molar-refractivity contribution < 1.29 is 9.53 Å². The van der Waals surface area contributed by atoms with Gasteiger partial charge in [-0.1, -0.05) is 13.8 Å². The molecule has 0 bridgehead atoms. The van der Waals surface area contributed by atoms with Gasteiger partial charge in [-0.3, -0.25) is 9.78 Å². The molecule has 1 unspecified atom stereocenters. The van der Waals surface area contributed by atoms with Crippen LogP contribution in [0.25, 0.3) is 0 Å². The SMILES string of the molecule is CCOC(=O)C(c1n[nH]c(=O)[nH]1)C(C)C. The number of rotatable bonds is 4. The van der Waals surface area contributed by atoms with Gasteiger partial charge in [-0.15, -0.1) is 0 Å². The third kappa shape index (κ3) is 2.68. The molecule has 0 spiro atoms. The first-order valence-corrected chi connectivity index (χ1v) is 4.87. The predicted octanol–water partition coefficient (Wildman–Crippen LogP) is 0.401. The van der Waals surface area contributed by atoms with Gasteiger partial charge in [0.05, 0.1) is 6.61 Å². The molecule has 1 heterocycles. The maximum atomic E-state index is 11.6. The summed E-state index contributed by atoms with van der Waals surface area (Å²) in [6.07, 6.45) is 0. The Bertz CT molecular complexity index is 380. The van der Waals surface area contributed by atoms with Gasteiger partial charge in [0, 0.05) is 0 Å². The molecule has 6 nitrogen and oxygen atoms in total. The predicted molar refractivity (Wildman–Crippen MR) is 53.4 cm³/mol. The second-order valence-corrected chi connectivity index (χ2v) is 3.54. The molecule has 1 rings (SSSR count). The van der Waals surface area contributed by atoms with Crippen molar-refractivity contribution in [1.82, 2.24) is 15.2 Å². The molecule has 0 aliphatic heterocycles. The Morgan fingerprint density at radius 2 is 2.20 bits per heavy atom. The number of aromatic amines is 2. The van der Waals surface area contributed by atoms with Crippen LogP contribution in [0.4, 0.5) is 0 Å². The van der Waals surface area contributed by atoms with Crippen LogP contribution < -0.4 is 5.69 Å². The second kappa shape index (κ2) is 4.77. The lowest BCUT2D eigenvalue weighted by Gasteiger charge is -2.15. The van der Waals surface area contributed by atoms with Crippen LogP contribution in [-0.4, -0.2) is 27.8 Å². The van der Waals surface area contributed by atoms with Crippen LogP contribution in [0, 0.1) is 5.92 Å². The van der Waals surface area contributed by atoms with Crippen molar-refractivity contribution in [3.05, 3.63) is 16.3 Å². The van der Waals surface area contributed by atoms with Crippen LogP contribution in [0.3, 0.4) is 0 Å². The van der Waals surface area contributed by atoms with Gasteiger partial charge in [0.1, 0.15) is 11.7 Å². The molecule has 15 heavy (non-hydrogen) atoms. The zero-order valence-corrected chi connectivity index (χ0v) is 9.03. The summed E-state index contributed by atoms with van der Waals surface area (Å²) in [4.78, 5) is 24.9. The zero-order chi connectivity index (χ0) is 11.4. The number of nitrogens with zero attached hydrogens (tertiary/aromatic N) is 1. The molecule has 0 saturated carbocycles. The van der Waals surface area contributed by atoms with Crippen molar-refractivity contribution in [2.45, 2.75) is 26.7 Å². The Hall–Kier alpha value is -1.59. The van der Waals surface area contributed by atoms with Gasteiger partial charge in [-0.05, 0) is 12.8 Å². The Balaban J connectivity index is 2.92. The number of esters is 1. The monoisotopic (exact) mass is 213 g/mol. The van der Waals surface area contributed by atoms with E-state index in [1.807, 2.05) is 13.8 Å². The lowest BCUT2D eigenvalue weighted by Crippen LogP contribution is -2.22. The van der Waals surface area contributed by atoms with E-state index in [9.17, 15) is 9.59 Å². The third-order valence-corrected chi connectivity index (χ3v) is 2.02. The number of hydrogen-bond donors (Lipinski definition) is 2. The molecule has 0 aliphatic carbocycles. The average Bonchev–Trinajstić information content (AvgIpc) is 2.51. The molecule has 6 heteroatoms. The molecule has 0 radical (unpaired) electrons. The van der Waals surface area contributed by atoms with E-state index in [-0.39, 0.29) is 11.9 Å². The van der Waals surface area contributed by atoms with Crippen LogP contribution in [0.2, 0.25) is 0 Å². The smallest absolute Gasteiger partial charge is 0.340 e. The third-order valence-electron chi connectivity index (χ3n) is 2.02. The summed E-state index contributed by atoms with van der Waals surface area (Å²) >= 11 is 0. The molecule has 84 valence electrons. The first kappa shape index (κ1) is 11.5. The van der Waals surface area contributed by atoms with Gasteiger partial charge >= 0.3 is 11.7 Å². The number of aromatic nitrogens is 3. The van der Waals surface area contributed by atoms with Crippen LogP contribution in [0.5, 0.6) is 0 Å². The normalized spacial score (nSPS) is 12.8. The summed E-state index contributed by atoms with van der Waals surface area (Å²) in [7, 11) is 0. The van der Waals surface area contributed by atoms with E-state index < -0.39 is 11.6 Å². The van der Waals surface area contributed by atoms with Crippen molar-refractivity contribution >= 4 is 5.97 Å². The standard InChI is InChI=1S/C9H15N3O3/c1-4-15-8(13)6(5(2)3)7-10-9(14)12-11-7/h5-6H,4H2,1-3H3,(H2,10,11,12,14). The Kier molecular flexibility index (Phi) is 3.65. The lowest BCUT2D eigenvalue weighted by atomic mass is 9.95. The van der Waals surface area contributed by atoms with Gasteiger partial charge in [-0.25, -0.2) is 9.89 Å². The molecular formula is C9H15N3O3. The van der Waals surface area contributed by atoms with E-state index in [2.05, 4.69) is 15.2 Å². The van der Waals surface area contributed by atoms with Crippen LogP contribution >= 0.6 is 0 Å². The molecule has 1 atom stereocenters. The van der Waals surface area contributed by atoms with Crippen LogP contribution in [0.15, 0.2) is 4.79 Å². The summed E-state index contributed by atoms with van der Waals surface area (Å²) in [6, 6.07) is 0. The summed E-state index contributed by atoms with van der Waals surface area (Å²) in [5.41, 5.74) is -0.417.